The lowest BCUT2D eigenvalue weighted by Crippen LogP contribution is -2.35. The molecule has 1 aliphatic rings. The maximum atomic E-state index is 14.1. The van der Waals surface area contributed by atoms with Crippen LogP contribution < -0.4 is 0 Å². The molecule has 0 unspecified atom stereocenters. The van der Waals surface area contributed by atoms with Gasteiger partial charge in [0.05, 0.1) is 10.9 Å². The molecule has 32 heavy (non-hydrogen) atoms. The van der Waals surface area contributed by atoms with Crippen LogP contribution in [0.15, 0.2) is 90.0 Å². The number of fused-ring (bicyclic) bond motifs is 3. The number of sulfonamides is 1. The fourth-order valence-corrected chi connectivity index (χ4v) is 6.22. The van der Waals surface area contributed by atoms with Crippen LogP contribution in [0, 0.1) is 19.7 Å². The zero-order valence-corrected chi connectivity index (χ0v) is 18.7. The number of benzene rings is 3. The van der Waals surface area contributed by atoms with Crippen molar-refractivity contribution in [3.63, 3.8) is 0 Å². The summed E-state index contributed by atoms with van der Waals surface area (Å²) in [5, 5.41) is 0. The molecule has 6 heteroatoms. The fraction of sp³-hybridized carbons (Fsp3) is 0.154. The summed E-state index contributed by atoms with van der Waals surface area (Å²) < 4.78 is 45.8. The van der Waals surface area contributed by atoms with Crippen molar-refractivity contribution in [1.82, 2.24) is 8.87 Å². The molecule has 0 fully saturated rings. The number of halogens is 1. The Morgan fingerprint density at radius 2 is 1.66 bits per heavy atom. The topological polar surface area (TPSA) is 42.3 Å². The molecule has 162 valence electrons. The van der Waals surface area contributed by atoms with Crippen molar-refractivity contribution in [2.75, 3.05) is 0 Å². The predicted octanol–water partition coefficient (Wildman–Crippen LogP) is 5.53. The van der Waals surface area contributed by atoms with Crippen LogP contribution in [0.5, 0.6) is 0 Å². The maximum absolute atomic E-state index is 14.1. The second kappa shape index (κ2) is 7.73. The van der Waals surface area contributed by atoms with E-state index in [0.29, 0.717) is 5.56 Å². The Balaban J connectivity index is 1.79. The van der Waals surface area contributed by atoms with Gasteiger partial charge in [-0.15, -0.1) is 0 Å². The van der Waals surface area contributed by atoms with Gasteiger partial charge < -0.3 is 4.57 Å². The van der Waals surface area contributed by atoms with Crippen LogP contribution in [0.25, 0.3) is 5.69 Å². The number of nitrogens with zero attached hydrogens (tertiary/aromatic N) is 2. The zero-order valence-electron chi connectivity index (χ0n) is 17.9. The molecular formula is C26H23FN2O2S. The normalized spacial score (nSPS) is 16.3. The maximum Gasteiger partial charge on any atom is 0.244 e. The Labute approximate surface area is 187 Å². The fourth-order valence-electron chi connectivity index (χ4n) is 4.41. The third-order valence-electron chi connectivity index (χ3n) is 6.06. The van der Waals surface area contributed by atoms with Crippen LogP contribution in [0.4, 0.5) is 4.39 Å². The quantitative estimate of drug-likeness (QED) is 0.415. The summed E-state index contributed by atoms with van der Waals surface area (Å²) >= 11 is 0. The molecule has 0 saturated carbocycles. The highest BCUT2D eigenvalue weighted by Gasteiger charge is 2.38. The van der Waals surface area contributed by atoms with E-state index >= 15 is 0 Å². The second-order valence-electron chi connectivity index (χ2n) is 8.21. The van der Waals surface area contributed by atoms with Gasteiger partial charge in [0.2, 0.25) is 10.0 Å². The van der Waals surface area contributed by atoms with E-state index in [4.69, 9.17) is 0 Å². The van der Waals surface area contributed by atoms with Crippen molar-refractivity contribution >= 4 is 10.0 Å². The average Bonchev–Trinajstić information content (AvgIpc) is 3.20. The third-order valence-corrected chi connectivity index (χ3v) is 8.01. The summed E-state index contributed by atoms with van der Waals surface area (Å²) in [6.45, 7) is 3.87. The van der Waals surface area contributed by atoms with Crippen LogP contribution in [0.1, 0.15) is 34.0 Å². The molecule has 5 rings (SSSR count). The lowest BCUT2D eigenvalue weighted by atomic mass is 10.0. The molecule has 3 aromatic carbocycles. The van der Waals surface area contributed by atoms with Gasteiger partial charge in [0.1, 0.15) is 5.82 Å². The Hall–Kier alpha value is -3.22. The zero-order chi connectivity index (χ0) is 22.5. The lowest BCUT2D eigenvalue weighted by molar-refractivity contribution is 0.353. The molecule has 4 nitrogen and oxygen atoms in total. The van der Waals surface area contributed by atoms with Crippen molar-refractivity contribution in [3.05, 3.63) is 119 Å². The highest BCUT2D eigenvalue weighted by molar-refractivity contribution is 7.89. The molecule has 0 radical (unpaired) electrons. The molecule has 0 spiro atoms. The molecule has 1 atom stereocenters. The highest BCUT2D eigenvalue weighted by atomic mass is 32.2. The molecule has 1 aliphatic heterocycles. The van der Waals surface area contributed by atoms with Gasteiger partial charge >= 0.3 is 0 Å². The predicted molar refractivity (Wildman–Crippen MR) is 123 cm³/mol. The third kappa shape index (κ3) is 3.36. The smallest absolute Gasteiger partial charge is 0.244 e. The van der Waals surface area contributed by atoms with Crippen LogP contribution >= 0.6 is 0 Å². The van der Waals surface area contributed by atoms with E-state index in [1.807, 2.05) is 78.4 Å². The molecule has 0 saturated heterocycles. The number of para-hydroxylation sites is 1. The number of aromatic nitrogens is 1. The first-order chi connectivity index (χ1) is 15.4. The van der Waals surface area contributed by atoms with E-state index < -0.39 is 21.9 Å². The monoisotopic (exact) mass is 446 g/mol. The number of aryl methyl sites for hydroxylation is 2. The SMILES string of the molecule is Cc1ccc([C@H]2c3cccn3-c3ccccc3CN2S(=O)(=O)c2cc(F)ccc2C)cc1. The van der Waals surface area contributed by atoms with Gasteiger partial charge in [-0.05, 0) is 60.9 Å². The first kappa shape index (κ1) is 20.7. The standard InChI is InChI=1S/C26H23FN2O2S/c1-18-9-12-20(13-10-18)26-24-8-5-15-28(24)23-7-4-3-6-21(23)17-29(26)32(30,31)25-16-22(27)14-11-19(25)2/h3-16,26H,17H2,1-2H3/t26-/m0/s1. The number of hydrogen-bond acceptors (Lipinski definition) is 2. The summed E-state index contributed by atoms with van der Waals surface area (Å²) in [5.74, 6) is -0.570. The van der Waals surface area contributed by atoms with E-state index in [0.717, 1.165) is 34.1 Å². The molecule has 0 amide bonds. The van der Waals surface area contributed by atoms with Crippen LogP contribution in [-0.2, 0) is 16.6 Å². The van der Waals surface area contributed by atoms with Crippen molar-refractivity contribution in [1.29, 1.82) is 0 Å². The van der Waals surface area contributed by atoms with Crippen molar-refractivity contribution in [3.8, 4) is 5.69 Å². The van der Waals surface area contributed by atoms with Crippen LogP contribution in [-0.4, -0.2) is 17.3 Å². The molecule has 2 heterocycles. The highest BCUT2D eigenvalue weighted by Crippen LogP contribution is 2.40. The van der Waals surface area contributed by atoms with Gasteiger partial charge in [-0.3, -0.25) is 0 Å². The Bertz CT molecular complexity index is 1410. The van der Waals surface area contributed by atoms with Gasteiger partial charge in [-0.2, -0.15) is 4.31 Å². The van der Waals surface area contributed by atoms with E-state index in [1.165, 1.54) is 16.4 Å². The number of hydrogen-bond donors (Lipinski definition) is 0. The Kier molecular flexibility index (Phi) is 4.99. The molecule has 0 bridgehead atoms. The molecule has 0 aliphatic carbocycles. The molecule has 0 N–H and O–H groups in total. The van der Waals surface area contributed by atoms with Crippen LogP contribution in [0.2, 0.25) is 0 Å². The lowest BCUT2D eigenvalue weighted by Gasteiger charge is -2.30. The van der Waals surface area contributed by atoms with Crippen molar-refractivity contribution < 1.29 is 12.8 Å². The molecular weight excluding hydrogens is 423 g/mol. The first-order valence-electron chi connectivity index (χ1n) is 10.5. The van der Waals surface area contributed by atoms with Gasteiger partial charge in [-0.25, -0.2) is 12.8 Å². The van der Waals surface area contributed by atoms with Gasteiger partial charge in [0, 0.05) is 24.1 Å². The average molecular weight is 447 g/mol. The molecule has 1 aromatic heterocycles. The van der Waals surface area contributed by atoms with E-state index in [1.54, 1.807) is 6.92 Å². The van der Waals surface area contributed by atoms with Gasteiger partial charge in [0.15, 0.2) is 0 Å². The van der Waals surface area contributed by atoms with Crippen molar-refractivity contribution in [2.24, 2.45) is 0 Å². The van der Waals surface area contributed by atoms with Gasteiger partial charge in [-0.1, -0.05) is 54.1 Å². The van der Waals surface area contributed by atoms with E-state index in [2.05, 4.69) is 0 Å². The van der Waals surface area contributed by atoms with E-state index in [-0.39, 0.29) is 11.4 Å². The van der Waals surface area contributed by atoms with E-state index in [9.17, 15) is 12.8 Å². The minimum atomic E-state index is -4.03. The minimum Gasteiger partial charge on any atom is -0.319 e. The second-order valence-corrected chi connectivity index (χ2v) is 10.1. The summed E-state index contributed by atoms with van der Waals surface area (Å²) in [5.41, 5.74) is 5.14. The minimum absolute atomic E-state index is 0.00732. The largest absolute Gasteiger partial charge is 0.319 e. The summed E-state index contributed by atoms with van der Waals surface area (Å²) in [4.78, 5) is -0.00732. The summed E-state index contributed by atoms with van der Waals surface area (Å²) in [7, 11) is -4.03. The summed E-state index contributed by atoms with van der Waals surface area (Å²) in [6, 6.07) is 22.9. The first-order valence-corrected chi connectivity index (χ1v) is 11.9. The molecule has 4 aromatic rings. The number of rotatable bonds is 3. The Morgan fingerprint density at radius 1 is 0.906 bits per heavy atom. The van der Waals surface area contributed by atoms with Crippen LogP contribution in [0.3, 0.4) is 0 Å². The Morgan fingerprint density at radius 3 is 2.44 bits per heavy atom. The summed E-state index contributed by atoms with van der Waals surface area (Å²) in [6.07, 6.45) is 1.96. The van der Waals surface area contributed by atoms with Gasteiger partial charge in [0.25, 0.3) is 0 Å². The van der Waals surface area contributed by atoms with Crippen molar-refractivity contribution in [2.45, 2.75) is 31.3 Å².